The largest absolute Gasteiger partial charge is 0.492 e. The number of rotatable bonds is 8. The zero-order chi connectivity index (χ0) is 18.2. The lowest BCUT2D eigenvalue weighted by Crippen LogP contribution is -2.12. The fourth-order valence-corrected chi connectivity index (χ4v) is 3.04. The van der Waals surface area contributed by atoms with Gasteiger partial charge in [-0.3, -0.25) is 4.79 Å². The molecule has 2 aromatic carbocycles. The standard InChI is InChI=1S/C19H20BrCl2NO2/c1-2-3-4-5-10-25-18-9-6-13(11-15(18)20)19(24)23-14-7-8-16(21)17(22)12-14/h6-9,11-12H,2-5,10H2,1H3,(H,23,24). The number of ether oxygens (including phenoxy) is 1. The van der Waals surface area contributed by atoms with Crippen molar-refractivity contribution in [3.8, 4) is 5.75 Å². The van der Waals surface area contributed by atoms with Crippen LogP contribution in [-0.2, 0) is 0 Å². The molecule has 0 saturated heterocycles. The zero-order valence-electron chi connectivity index (χ0n) is 14.0. The maximum absolute atomic E-state index is 12.4. The molecule has 2 rings (SSSR count). The van der Waals surface area contributed by atoms with Crippen LogP contribution in [0.1, 0.15) is 43.0 Å². The maximum Gasteiger partial charge on any atom is 0.255 e. The van der Waals surface area contributed by atoms with E-state index in [2.05, 4.69) is 28.2 Å². The lowest BCUT2D eigenvalue weighted by Gasteiger charge is -2.10. The van der Waals surface area contributed by atoms with Gasteiger partial charge < -0.3 is 10.1 Å². The molecule has 0 aliphatic heterocycles. The number of nitrogens with one attached hydrogen (secondary N) is 1. The molecule has 0 unspecified atom stereocenters. The molecule has 0 spiro atoms. The Morgan fingerprint density at radius 1 is 1.08 bits per heavy atom. The molecule has 1 N–H and O–H groups in total. The molecule has 6 heteroatoms. The Morgan fingerprint density at radius 3 is 2.56 bits per heavy atom. The van der Waals surface area contributed by atoms with Crippen LogP contribution in [0.4, 0.5) is 5.69 Å². The Balaban J connectivity index is 1.96. The van der Waals surface area contributed by atoms with E-state index < -0.39 is 0 Å². The van der Waals surface area contributed by atoms with Crippen LogP contribution in [-0.4, -0.2) is 12.5 Å². The van der Waals surface area contributed by atoms with Crippen LogP contribution < -0.4 is 10.1 Å². The van der Waals surface area contributed by atoms with Crippen LogP contribution in [0.5, 0.6) is 5.75 Å². The van der Waals surface area contributed by atoms with Gasteiger partial charge in [0, 0.05) is 11.3 Å². The Kier molecular flexibility index (Phi) is 8.07. The molecular formula is C19H20BrCl2NO2. The number of amides is 1. The van der Waals surface area contributed by atoms with E-state index in [-0.39, 0.29) is 5.91 Å². The number of halogens is 3. The number of carbonyl (C=O) groups excluding carboxylic acids is 1. The fourth-order valence-electron chi connectivity index (χ4n) is 2.25. The van der Waals surface area contributed by atoms with Gasteiger partial charge in [-0.1, -0.05) is 49.4 Å². The predicted octanol–water partition coefficient (Wildman–Crippen LogP) is 6.97. The van der Waals surface area contributed by atoms with E-state index in [4.69, 9.17) is 27.9 Å². The van der Waals surface area contributed by atoms with Gasteiger partial charge in [0.05, 0.1) is 21.1 Å². The summed E-state index contributed by atoms with van der Waals surface area (Å²) in [6.07, 6.45) is 4.61. The van der Waals surface area contributed by atoms with Gasteiger partial charge in [0.1, 0.15) is 5.75 Å². The van der Waals surface area contributed by atoms with Crippen molar-refractivity contribution in [1.82, 2.24) is 0 Å². The highest BCUT2D eigenvalue weighted by atomic mass is 79.9. The normalized spacial score (nSPS) is 10.6. The summed E-state index contributed by atoms with van der Waals surface area (Å²) in [5, 5.41) is 3.64. The highest BCUT2D eigenvalue weighted by Gasteiger charge is 2.10. The van der Waals surface area contributed by atoms with Crippen molar-refractivity contribution in [2.24, 2.45) is 0 Å². The minimum absolute atomic E-state index is 0.228. The average molecular weight is 445 g/mol. The first-order valence-electron chi connectivity index (χ1n) is 8.20. The summed E-state index contributed by atoms with van der Waals surface area (Å²) in [5.74, 6) is 0.510. The molecule has 0 bridgehead atoms. The second kappa shape index (κ2) is 10.0. The average Bonchev–Trinajstić information content (AvgIpc) is 2.59. The van der Waals surface area contributed by atoms with E-state index in [9.17, 15) is 4.79 Å². The lowest BCUT2D eigenvalue weighted by molar-refractivity contribution is 0.102. The van der Waals surface area contributed by atoms with Crippen molar-refractivity contribution < 1.29 is 9.53 Å². The van der Waals surface area contributed by atoms with E-state index in [0.29, 0.717) is 27.9 Å². The van der Waals surface area contributed by atoms with E-state index in [0.717, 1.165) is 23.1 Å². The molecule has 134 valence electrons. The first-order chi connectivity index (χ1) is 12.0. The van der Waals surface area contributed by atoms with E-state index in [1.54, 1.807) is 36.4 Å². The number of unbranched alkanes of at least 4 members (excludes halogenated alkanes) is 3. The van der Waals surface area contributed by atoms with Crippen LogP contribution in [0.3, 0.4) is 0 Å². The first kappa shape index (κ1) is 20.1. The lowest BCUT2D eigenvalue weighted by atomic mass is 10.2. The number of hydrogen-bond acceptors (Lipinski definition) is 2. The van der Waals surface area contributed by atoms with Gasteiger partial charge in [-0.2, -0.15) is 0 Å². The van der Waals surface area contributed by atoms with Gasteiger partial charge in [-0.25, -0.2) is 0 Å². The minimum atomic E-state index is -0.228. The second-order valence-electron chi connectivity index (χ2n) is 5.64. The predicted molar refractivity (Wildman–Crippen MR) is 108 cm³/mol. The molecule has 0 aromatic heterocycles. The molecule has 0 heterocycles. The maximum atomic E-state index is 12.4. The summed E-state index contributed by atoms with van der Waals surface area (Å²) in [5.41, 5.74) is 1.11. The van der Waals surface area contributed by atoms with Gasteiger partial charge in [0.2, 0.25) is 0 Å². The molecule has 0 aliphatic rings. The van der Waals surface area contributed by atoms with Gasteiger partial charge in [0.25, 0.3) is 5.91 Å². The van der Waals surface area contributed by atoms with Gasteiger partial charge in [0.15, 0.2) is 0 Å². The Morgan fingerprint density at radius 2 is 1.88 bits per heavy atom. The van der Waals surface area contributed by atoms with Gasteiger partial charge >= 0.3 is 0 Å². The summed E-state index contributed by atoms with van der Waals surface area (Å²) in [6, 6.07) is 10.2. The topological polar surface area (TPSA) is 38.3 Å². The molecule has 0 saturated carbocycles. The smallest absolute Gasteiger partial charge is 0.255 e. The SMILES string of the molecule is CCCCCCOc1ccc(C(=O)Nc2ccc(Cl)c(Cl)c2)cc1Br. The summed E-state index contributed by atoms with van der Waals surface area (Å²) in [7, 11) is 0. The summed E-state index contributed by atoms with van der Waals surface area (Å²) < 4.78 is 6.51. The molecule has 0 atom stereocenters. The van der Waals surface area contributed by atoms with Crippen molar-refractivity contribution in [2.75, 3.05) is 11.9 Å². The third-order valence-electron chi connectivity index (χ3n) is 3.63. The molecule has 0 fully saturated rings. The number of hydrogen-bond donors (Lipinski definition) is 1. The summed E-state index contributed by atoms with van der Waals surface area (Å²) in [6.45, 7) is 2.85. The Labute approximate surface area is 166 Å². The van der Waals surface area contributed by atoms with Gasteiger partial charge in [-0.15, -0.1) is 0 Å². The van der Waals surface area contributed by atoms with Crippen LogP contribution in [0, 0.1) is 0 Å². The van der Waals surface area contributed by atoms with E-state index >= 15 is 0 Å². The summed E-state index contributed by atoms with van der Waals surface area (Å²) >= 11 is 15.3. The van der Waals surface area contributed by atoms with Crippen LogP contribution >= 0.6 is 39.1 Å². The van der Waals surface area contributed by atoms with Crippen molar-refractivity contribution in [3.05, 3.63) is 56.5 Å². The van der Waals surface area contributed by atoms with Crippen LogP contribution in [0.25, 0.3) is 0 Å². The third kappa shape index (κ3) is 6.21. The number of benzene rings is 2. The molecule has 3 nitrogen and oxygen atoms in total. The Hall–Kier alpha value is -1.23. The fraction of sp³-hybridized carbons (Fsp3) is 0.316. The zero-order valence-corrected chi connectivity index (χ0v) is 17.0. The first-order valence-corrected chi connectivity index (χ1v) is 9.75. The van der Waals surface area contributed by atoms with Crippen molar-refractivity contribution in [3.63, 3.8) is 0 Å². The second-order valence-corrected chi connectivity index (χ2v) is 7.31. The molecule has 1 amide bonds. The van der Waals surface area contributed by atoms with E-state index in [1.165, 1.54) is 12.8 Å². The Bertz CT molecular complexity index is 737. The highest BCUT2D eigenvalue weighted by Crippen LogP contribution is 2.28. The highest BCUT2D eigenvalue weighted by molar-refractivity contribution is 9.10. The van der Waals surface area contributed by atoms with Crippen molar-refractivity contribution in [1.29, 1.82) is 0 Å². The minimum Gasteiger partial charge on any atom is -0.492 e. The van der Waals surface area contributed by atoms with Gasteiger partial charge in [-0.05, 0) is 58.7 Å². The molecule has 0 aliphatic carbocycles. The summed E-state index contributed by atoms with van der Waals surface area (Å²) in [4.78, 5) is 12.4. The van der Waals surface area contributed by atoms with Crippen molar-refractivity contribution >= 4 is 50.7 Å². The van der Waals surface area contributed by atoms with Crippen molar-refractivity contribution in [2.45, 2.75) is 32.6 Å². The van der Waals surface area contributed by atoms with Crippen LogP contribution in [0.2, 0.25) is 10.0 Å². The van der Waals surface area contributed by atoms with E-state index in [1.807, 2.05) is 0 Å². The monoisotopic (exact) mass is 443 g/mol. The molecular weight excluding hydrogens is 425 g/mol. The molecule has 2 aromatic rings. The number of carbonyl (C=O) groups is 1. The molecule has 0 radical (unpaired) electrons. The van der Waals surface area contributed by atoms with Crippen LogP contribution in [0.15, 0.2) is 40.9 Å². The number of anilines is 1. The third-order valence-corrected chi connectivity index (χ3v) is 4.99. The molecule has 25 heavy (non-hydrogen) atoms. The quantitative estimate of drug-likeness (QED) is 0.446.